The smallest absolute Gasteiger partial charge is 0.251 e. The zero-order valence-electron chi connectivity index (χ0n) is 13.5. The maximum Gasteiger partial charge on any atom is 0.251 e. The van der Waals surface area contributed by atoms with E-state index in [0.29, 0.717) is 5.56 Å². The first-order valence-electron chi connectivity index (χ1n) is 8.03. The van der Waals surface area contributed by atoms with E-state index >= 15 is 0 Å². The molecule has 1 aromatic rings. The minimum absolute atomic E-state index is 0.00550. The molecule has 1 amide bonds. The molecule has 3 N–H and O–H groups in total. The minimum atomic E-state index is -3.63. The molecule has 0 saturated carbocycles. The van der Waals surface area contributed by atoms with Gasteiger partial charge in [-0.25, -0.2) is 13.6 Å². The summed E-state index contributed by atoms with van der Waals surface area (Å²) in [6.07, 6.45) is 4.96. The molecule has 0 aromatic heterocycles. The topological polar surface area (TPSA) is 92.5 Å². The van der Waals surface area contributed by atoms with Crippen molar-refractivity contribution >= 4 is 21.6 Å². The van der Waals surface area contributed by atoms with Crippen molar-refractivity contribution in [1.29, 1.82) is 0 Å². The number of carbonyl (C=O) groups is 1. The first-order chi connectivity index (χ1) is 10.9. The summed E-state index contributed by atoms with van der Waals surface area (Å²) >= 11 is 0. The van der Waals surface area contributed by atoms with Crippen LogP contribution in [0.4, 0.5) is 5.69 Å². The third kappa shape index (κ3) is 5.21. The van der Waals surface area contributed by atoms with Crippen LogP contribution in [0.25, 0.3) is 0 Å². The van der Waals surface area contributed by atoms with Crippen LogP contribution in [0, 0.1) is 0 Å². The second kappa shape index (κ2) is 7.79. The Hall–Kier alpha value is -1.60. The highest BCUT2D eigenvalue weighted by atomic mass is 32.2. The standard InChI is InChI=1S/C16H25N3O3S/c1-13(23(17,21)22)12-18-16(20)14-6-8-15(9-7-14)19-10-4-2-3-5-11-19/h6-9,13H,2-5,10-12H2,1H3,(H,18,20)(H2,17,21,22). The Morgan fingerprint density at radius 1 is 1.17 bits per heavy atom. The molecule has 1 atom stereocenters. The van der Waals surface area contributed by atoms with Gasteiger partial charge in [0.1, 0.15) is 0 Å². The van der Waals surface area contributed by atoms with Crippen molar-refractivity contribution in [1.82, 2.24) is 5.32 Å². The molecule has 1 fully saturated rings. The van der Waals surface area contributed by atoms with E-state index in [1.165, 1.54) is 32.6 Å². The number of amides is 1. The van der Waals surface area contributed by atoms with Gasteiger partial charge in [-0.3, -0.25) is 4.79 Å². The molecular weight excluding hydrogens is 314 g/mol. The molecule has 1 unspecified atom stereocenters. The van der Waals surface area contributed by atoms with Crippen LogP contribution in [0.3, 0.4) is 0 Å². The third-order valence-electron chi connectivity index (χ3n) is 4.21. The maximum atomic E-state index is 12.1. The van der Waals surface area contributed by atoms with Crippen LogP contribution in [-0.2, 0) is 10.0 Å². The maximum absolute atomic E-state index is 12.1. The van der Waals surface area contributed by atoms with Gasteiger partial charge in [0.05, 0.1) is 5.25 Å². The van der Waals surface area contributed by atoms with Crippen molar-refractivity contribution in [3.05, 3.63) is 29.8 Å². The lowest BCUT2D eigenvalue weighted by Gasteiger charge is -2.22. The predicted molar refractivity (Wildman–Crippen MR) is 92.0 cm³/mol. The Bertz CT molecular complexity index is 620. The monoisotopic (exact) mass is 339 g/mol. The highest BCUT2D eigenvalue weighted by molar-refractivity contribution is 7.89. The Kier molecular flexibility index (Phi) is 6.01. The lowest BCUT2D eigenvalue weighted by Crippen LogP contribution is -2.38. The van der Waals surface area contributed by atoms with Crippen LogP contribution < -0.4 is 15.4 Å². The Morgan fingerprint density at radius 3 is 2.26 bits per heavy atom. The first kappa shape index (κ1) is 17.7. The molecule has 128 valence electrons. The molecule has 0 spiro atoms. The molecule has 1 aliphatic rings. The van der Waals surface area contributed by atoms with Gasteiger partial charge in [-0.15, -0.1) is 0 Å². The summed E-state index contributed by atoms with van der Waals surface area (Å²) in [7, 11) is -3.63. The van der Waals surface area contributed by atoms with Crippen molar-refractivity contribution in [2.45, 2.75) is 37.9 Å². The Balaban J connectivity index is 1.94. The second-order valence-electron chi connectivity index (χ2n) is 6.06. The van der Waals surface area contributed by atoms with Crippen LogP contribution >= 0.6 is 0 Å². The van der Waals surface area contributed by atoms with Gasteiger partial charge in [-0.1, -0.05) is 12.8 Å². The van der Waals surface area contributed by atoms with Crippen LogP contribution in [0.5, 0.6) is 0 Å². The third-order valence-corrected chi connectivity index (χ3v) is 5.50. The summed E-state index contributed by atoms with van der Waals surface area (Å²) in [5, 5.41) is 6.83. The molecule has 7 heteroatoms. The molecule has 1 aliphatic heterocycles. The summed E-state index contributed by atoms with van der Waals surface area (Å²) in [6.45, 7) is 3.58. The van der Waals surface area contributed by atoms with Gasteiger partial charge >= 0.3 is 0 Å². The Labute approximate surface area is 138 Å². The summed E-state index contributed by atoms with van der Waals surface area (Å²) in [6, 6.07) is 7.45. The number of sulfonamides is 1. The van der Waals surface area contributed by atoms with Gasteiger partial charge < -0.3 is 10.2 Å². The lowest BCUT2D eigenvalue weighted by atomic mass is 10.1. The largest absolute Gasteiger partial charge is 0.372 e. The van der Waals surface area contributed by atoms with E-state index in [-0.39, 0.29) is 12.5 Å². The number of carbonyl (C=O) groups excluding carboxylic acids is 1. The summed E-state index contributed by atoms with van der Waals surface area (Å²) in [4.78, 5) is 14.4. The zero-order chi connectivity index (χ0) is 16.9. The second-order valence-corrected chi connectivity index (χ2v) is 8.04. The summed E-state index contributed by atoms with van der Waals surface area (Å²) < 4.78 is 22.3. The fourth-order valence-electron chi connectivity index (χ4n) is 2.61. The molecule has 1 aromatic carbocycles. The highest BCUT2D eigenvalue weighted by Crippen LogP contribution is 2.20. The summed E-state index contributed by atoms with van der Waals surface area (Å²) in [5.41, 5.74) is 1.64. The fourth-order valence-corrected chi connectivity index (χ4v) is 2.92. The van der Waals surface area contributed by atoms with E-state index in [0.717, 1.165) is 18.8 Å². The van der Waals surface area contributed by atoms with E-state index in [4.69, 9.17) is 5.14 Å². The molecule has 23 heavy (non-hydrogen) atoms. The van der Waals surface area contributed by atoms with Gasteiger partial charge in [0.25, 0.3) is 5.91 Å². The van der Waals surface area contributed by atoms with Crippen LogP contribution in [0.15, 0.2) is 24.3 Å². The number of nitrogens with zero attached hydrogens (tertiary/aromatic N) is 1. The van der Waals surface area contributed by atoms with Crippen molar-refractivity contribution in [2.75, 3.05) is 24.5 Å². The van der Waals surface area contributed by atoms with Crippen LogP contribution in [0.2, 0.25) is 0 Å². The molecule has 6 nitrogen and oxygen atoms in total. The quantitative estimate of drug-likeness (QED) is 0.850. The molecule has 0 radical (unpaired) electrons. The first-order valence-corrected chi connectivity index (χ1v) is 9.63. The fraction of sp³-hybridized carbons (Fsp3) is 0.562. The number of anilines is 1. The van der Waals surface area contributed by atoms with Gasteiger partial charge in [-0.2, -0.15) is 0 Å². The molecular formula is C16H25N3O3S. The van der Waals surface area contributed by atoms with Gasteiger partial charge in [-0.05, 0) is 44.0 Å². The van der Waals surface area contributed by atoms with Crippen LogP contribution in [-0.4, -0.2) is 39.2 Å². The molecule has 1 heterocycles. The highest BCUT2D eigenvalue weighted by Gasteiger charge is 2.17. The van der Waals surface area contributed by atoms with E-state index in [1.807, 2.05) is 12.1 Å². The van der Waals surface area contributed by atoms with Crippen molar-refractivity contribution in [2.24, 2.45) is 5.14 Å². The van der Waals surface area contributed by atoms with E-state index in [1.54, 1.807) is 12.1 Å². The van der Waals surface area contributed by atoms with Crippen molar-refractivity contribution in [3.8, 4) is 0 Å². The van der Waals surface area contributed by atoms with Gasteiger partial charge in [0.2, 0.25) is 10.0 Å². The average Bonchev–Trinajstić information content (AvgIpc) is 2.80. The van der Waals surface area contributed by atoms with E-state index in [9.17, 15) is 13.2 Å². The lowest BCUT2D eigenvalue weighted by molar-refractivity contribution is 0.0954. The zero-order valence-corrected chi connectivity index (χ0v) is 14.3. The van der Waals surface area contributed by atoms with E-state index < -0.39 is 15.3 Å². The van der Waals surface area contributed by atoms with Crippen LogP contribution in [0.1, 0.15) is 43.0 Å². The normalized spacial score (nSPS) is 17.4. The van der Waals surface area contributed by atoms with Crippen molar-refractivity contribution < 1.29 is 13.2 Å². The summed E-state index contributed by atoms with van der Waals surface area (Å²) in [5.74, 6) is -0.289. The predicted octanol–water partition coefficient (Wildman–Crippen LogP) is 1.47. The molecule has 2 rings (SSSR count). The number of hydrogen-bond donors (Lipinski definition) is 2. The minimum Gasteiger partial charge on any atom is -0.372 e. The number of nitrogens with one attached hydrogen (secondary N) is 1. The number of hydrogen-bond acceptors (Lipinski definition) is 4. The van der Waals surface area contributed by atoms with Gasteiger partial charge in [0.15, 0.2) is 0 Å². The average molecular weight is 339 g/mol. The number of primary sulfonamides is 1. The van der Waals surface area contributed by atoms with E-state index in [2.05, 4.69) is 10.2 Å². The SMILES string of the molecule is CC(CNC(=O)c1ccc(N2CCCCCC2)cc1)S(N)(=O)=O. The molecule has 0 bridgehead atoms. The number of benzene rings is 1. The molecule has 1 saturated heterocycles. The number of nitrogens with two attached hydrogens (primary N) is 1. The van der Waals surface area contributed by atoms with Gasteiger partial charge in [0, 0.05) is 30.9 Å². The number of rotatable bonds is 5. The Morgan fingerprint density at radius 2 is 1.74 bits per heavy atom. The van der Waals surface area contributed by atoms with Crippen molar-refractivity contribution in [3.63, 3.8) is 0 Å². The molecule has 0 aliphatic carbocycles.